The second-order valence-electron chi connectivity index (χ2n) is 2.56. The number of rotatable bonds is 0. The van der Waals surface area contributed by atoms with Crippen LogP contribution in [0.1, 0.15) is 5.56 Å². The highest BCUT2D eigenvalue weighted by Crippen LogP contribution is 2.28. The molecular weight excluding hydrogens is 241 g/mol. The van der Waals surface area contributed by atoms with Gasteiger partial charge in [0.25, 0.3) is 0 Å². The molecule has 0 N–H and O–H groups in total. The lowest BCUT2D eigenvalue weighted by atomic mass is 10.2. The van der Waals surface area contributed by atoms with Crippen LogP contribution in [0.25, 0.3) is 10.2 Å². The number of aromatic nitrogens is 1. The van der Waals surface area contributed by atoms with E-state index in [4.69, 9.17) is 0 Å². The first kappa shape index (κ1) is 8.13. The minimum absolute atomic E-state index is 0.244. The van der Waals surface area contributed by atoms with Crippen LogP contribution in [-0.4, -0.2) is 4.98 Å². The Kier molecular flexibility index (Phi) is 1.88. The molecule has 1 aromatic carbocycles. The van der Waals surface area contributed by atoms with Crippen molar-refractivity contribution >= 4 is 37.5 Å². The van der Waals surface area contributed by atoms with E-state index in [1.165, 1.54) is 17.4 Å². The summed E-state index contributed by atoms with van der Waals surface area (Å²) in [5.74, 6) is -0.244. The van der Waals surface area contributed by atoms with Crippen LogP contribution in [0, 0.1) is 12.7 Å². The zero-order valence-corrected chi connectivity index (χ0v) is 8.67. The van der Waals surface area contributed by atoms with Crippen LogP contribution in [0.3, 0.4) is 0 Å². The van der Waals surface area contributed by atoms with E-state index in [-0.39, 0.29) is 5.82 Å². The second-order valence-corrected chi connectivity index (χ2v) is 4.87. The number of halogens is 2. The average molecular weight is 246 g/mol. The number of nitrogens with zero attached hydrogens (tertiary/aromatic N) is 1. The molecule has 1 nitrogen and oxygen atoms in total. The van der Waals surface area contributed by atoms with Gasteiger partial charge in [0.05, 0.1) is 4.70 Å². The third-order valence-electron chi connectivity index (χ3n) is 1.57. The van der Waals surface area contributed by atoms with Crippen molar-refractivity contribution in [2.45, 2.75) is 6.92 Å². The summed E-state index contributed by atoms with van der Waals surface area (Å²) in [4.78, 5) is 4.01. The molecule has 0 fully saturated rings. The highest BCUT2D eigenvalue weighted by molar-refractivity contribution is 9.11. The van der Waals surface area contributed by atoms with Gasteiger partial charge in [-0.15, -0.1) is 11.3 Å². The van der Waals surface area contributed by atoms with Gasteiger partial charge in [-0.05, 0) is 40.5 Å². The Balaban J connectivity index is 2.88. The van der Waals surface area contributed by atoms with Gasteiger partial charge in [0, 0.05) is 0 Å². The summed E-state index contributed by atoms with van der Waals surface area (Å²) in [5, 5.41) is 0. The van der Waals surface area contributed by atoms with Gasteiger partial charge in [0.1, 0.15) is 5.52 Å². The summed E-state index contributed by atoms with van der Waals surface area (Å²) in [6.45, 7) is 1.87. The fourth-order valence-electron chi connectivity index (χ4n) is 1.09. The maximum atomic E-state index is 13.2. The van der Waals surface area contributed by atoms with Crippen molar-refractivity contribution in [1.29, 1.82) is 0 Å². The van der Waals surface area contributed by atoms with Crippen molar-refractivity contribution in [3.63, 3.8) is 0 Å². The number of aryl methyl sites for hydroxylation is 1. The largest absolute Gasteiger partial charge is 0.226 e. The molecule has 2 rings (SSSR count). The van der Waals surface area contributed by atoms with Crippen molar-refractivity contribution in [3.05, 3.63) is 27.4 Å². The molecule has 0 bridgehead atoms. The molecule has 62 valence electrons. The predicted octanol–water partition coefficient (Wildman–Crippen LogP) is 3.51. The van der Waals surface area contributed by atoms with E-state index in [2.05, 4.69) is 20.9 Å². The van der Waals surface area contributed by atoms with Crippen LogP contribution in [0.5, 0.6) is 0 Å². The van der Waals surface area contributed by atoms with E-state index in [1.807, 2.05) is 13.0 Å². The Bertz CT molecular complexity index is 438. The molecule has 1 aromatic heterocycles. The van der Waals surface area contributed by atoms with Crippen LogP contribution in [-0.2, 0) is 0 Å². The minimum Gasteiger partial charge on any atom is -0.226 e. The minimum atomic E-state index is -0.244. The van der Waals surface area contributed by atoms with Crippen LogP contribution >= 0.6 is 27.3 Å². The smallest absolute Gasteiger partial charge is 0.160 e. The first-order chi connectivity index (χ1) is 5.66. The quantitative estimate of drug-likeness (QED) is 0.693. The molecule has 2 aromatic rings. The first-order valence-electron chi connectivity index (χ1n) is 3.39. The highest BCUT2D eigenvalue weighted by Gasteiger charge is 2.06. The molecule has 0 saturated carbocycles. The van der Waals surface area contributed by atoms with Crippen molar-refractivity contribution < 1.29 is 4.39 Å². The summed E-state index contributed by atoms with van der Waals surface area (Å²) in [7, 11) is 0. The maximum absolute atomic E-state index is 13.2. The SMILES string of the molecule is Cc1cc(F)c2nc(Br)sc2c1. The molecule has 0 radical (unpaired) electrons. The number of fused-ring (bicyclic) bond motifs is 1. The zero-order valence-electron chi connectivity index (χ0n) is 6.27. The fraction of sp³-hybridized carbons (Fsp3) is 0.125. The van der Waals surface area contributed by atoms with Gasteiger partial charge in [-0.2, -0.15) is 0 Å². The summed E-state index contributed by atoms with van der Waals surface area (Å²) < 4.78 is 14.8. The molecule has 0 unspecified atom stereocenters. The lowest BCUT2D eigenvalue weighted by Gasteiger charge is -1.92. The standard InChI is InChI=1S/C8H5BrFNS/c1-4-2-5(10)7-6(3-4)12-8(9)11-7/h2-3H,1H3. The molecule has 1 heterocycles. The Hall–Kier alpha value is -0.480. The monoisotopic (exact) mass is 245 g/mol. The average Bonchev–Trinajstić information content (AvgIpc) is 2.29. The molecular formula is C8H5BrFNS. The highest BCUT2D eigenvalue weighted by atomic mass is 79.9. The second kappa shape index (κ2) is 2.78. The van der Waals surface area contributed by atoms with Crippen molar-refractivity contribution in [1.82, 2.24) is 4.98 Å². The van der Waals surface area contributed by atoms with Crippen LogP contribution < -0.4 is 0 Å². The maximum Gasteiger partial charge on any atom is 0.160 e. The summed E-state index contributed by atoms with van der Waals surface area (Å²) >= 11 is 4.67. The summed E-state index contributed by atoms with van der Waals surface area (Å²) in [5.41, 5.74) is 1.38. The number of hydrogen-bond acceptors (Lipinski definition) is 2. The van der Waals surface area contributed by atoms with Crippen molar-refractivity contribution in [2.75, 3.05) is 0 Å². The van der Waals surface area contributed by atoms with Crippen LogP contribution in [0.4, 0.5) is 4.39 Å². The number of benzene rings is 1. The summed E-state index contributed by atoms with van der Waals surface area (Å²) in [6, 6.07) is 3.43. The number of hydrogen-bond donors (Lipinski definition) is 0. The van der Waals surface area contributed by atoms with E-state index < -0.39 is 0 Å². The lowest BCUT2D eigenvalue weighted by Crippen LogP contribution is -1.79. The third kappa shape index (κ3) is 1.25. The Morgan fingerprint density at radius 1 is 1.50 bits per heavy atom. The predicted molar refractivity (Wildman–Crippen MR) is 52.0 cm³/mol. The number of thiazole rings is 1. The molecule has 0 aliphatic carbocycles. The molecule has 0 aliphatic rings. The first-order valence-corrected chi connectivity index (χ1v) is 5.00. The van der Waals surface area contributed by atoms with Gasteiger partial charge in [-0.3, -0.25) is 0 Å². The Morgan fingerprint density at radius 2 is 2.25 bits per heavy atom. The summed E-state index contributed by atoms with van der Waals surface area (Å²) in [6.07, 6.45) is 0. The molecule has 4 heteroatoms. The fourth-order valence-corrected chi connectivity index (χ4v) is 2.59. The van der Waals surface area contributed by atoms with Gasteiger partial charge in [0.15, 0.2) is 9.73 Å². The van der Waals surface area contributed by atoms with E-state index >= 15 is 0 Å². The molecule has 0 amide bonds. The van der Waals surface area contributed by atoms with Crippen molar-refractivity contribution in [2.24, 2.45) is 0 Å². The lowest BCUT2D eigenvalue weighted by molar-refractivity contribution is 0.636. The zero-order chi connectivity index (χ0) is 8.72. The van der Waals surface area contributed by atoms with E-state index in [1.54, 1.807) is 0 Å². The third-order valence-corrected chi connectivity index (χ3v) is 3.02. The van der Waals surface area contributed by atoms with Gasteiger partial charge in [-0.25, -0.2) is 9.37 Å². The van der Waals surface area contributed by atoms with Crippen molar-refractivity contribution in [3.8, 4) is 0 Å². The Morgan fingerprint density at radius 3 is 3.00 bits per heavy atom. The topological polar surface area (TPSA) is 12.9 Å². The van der Waals surface area contributed by atoms with Crippen LogP contribution in [0.15, 0.2) is 16.0 Å². The molecule has 0 atom stereocenters. The van der Waals surface area contributed by atoms with E-state index in [0.717, 1.165) is 14.2 Å². The Labute approximate surface area is 81.4 Å². The van der Waals surface area contributed by atoms with Gasteiger partial charge < -0.3 is 0 Å². The molecule has 0 saturated heterocycles. The molecule has 0 aliphatic heterocycles. The van der Waals surface area contributed by atoms with Crippen LogP contribution in [0.2, 0.25) is 0 Å². The molecule has 0 spiro atoms. The molecule has 12 heavy (non-hydrogen) atoms. The van der Waals surface area contributed by atoms with Gasteiger partial charge in [-0.1, -0.05) is 0 Å². The van der Waals surface area contributed by atoms with Gasteiger partial charge in [0.2, 0.25) is 0 Å². The van der Waals surface area contributed by atoms with E-state index in [9.17, 15) is 4.39 Å². The van der Waals surface area contributed by atoms with Gasteiger partial charge >= 0.3 is 0 Å². The normalized spacial score (nSPS) is 10.9. The van der Waals surface area contributed by atoms with E-state index in [0.29, 0.717) is 5.52 Å².